The molecule has 0 aliphatic heterocycles. The maximum atomic E-state index is 14.6. The molecule has 0 saturated heterocycles. The standard InChI is InChI=1S/C17H17FN6.C7H15N/c1-9(2)24-10(3)21-16-13(18)6-11(7-14(16)24)12-4-5-23-15(12)8-20-17(19)22-23;1-8-7-5-3-2-4-6-7/h4-9H,1-3H3,(H2,19,22);7-8H,2-6H2,1H3. The summed E-state index contributed by atoms with van der Waals surface area (Å²) in [6.45, 7) is 6.01. The van der Waals surface area contributed by atoms with Crippen molar-refractivity contribution in [1.29, 1.82) is 0 Å². The molecule has 0 atom stereocenters. The first-order chi connectivity index (χ1) is 15.4. The topological polar surface area (TPSA) is 86.1 Å². The van der Waals surface area contributed by atoms with Crippen LogP contribution in [0.25, 0.3) is 27.7 Å². The van der Waals surface area contributed by atoms with E-state index in [4.69, 9.17) is 5.73 Å². The van der Waals surface area contributed by atoms with E-state index < -0.39 is 0 Å². The van der Waals surface area contributed by atoms with Crippen LogP contribution in [0.4, 0.5) is 10.3 Å². The average Bonchev–Trinajstić information content (AvgIpc) is 3.35. The van der Waals surface area contributed by atoms with Crippen molar-refractivity contribution in [3.63, 3.8) is 0 Å². The Labute approximate surface area is 187 Å². The highest BCUT2D eigenvalue weighted by Crippen LogP contribution is 2.31. The Hall–Kier alpha value is -3.00. The van der Waals surface area contributed by atoms with E-state index in [0.717, 1.165) is 34.0 Å². The molecule has 32 heavy (non-hydrogen) atoms. The fraction of sp³-hybridized carbons (Fsp3) is 0.458. The zero-order valence-electron chi connectivity index (χ0n) is 19.3. The molecule has 3 heterocycles. The molecule has 8 heteroatoms. The second-order valence-electron chi connectivity index (χ2n) is 8.75. The lowest BCUT2D eigenvalue weighted by Crippen LogP contribution is -2.26. The molecule has 4 aromatic rings. The van der Waals surface area contributed by atoms with Crippen LogP contribution >= 0.6 is 0 Å². The normalized spacial score (nSPS) is 14.8. The number of imidazole rings is 1. The molecule has 3 N–H and O–H groups in total. The molecule has 1 aliphatic rings. The number of anilines is 1. The van der Waals surface area contributed by atoms with Gasteiger partial charge in [0.15, 0.2) is 5.82 Å². The van der Waals surface area contributed by atoms with Crippen molar-refractivity contribution in [3.8, 4) is 11.1 Å². The summed E-state index contributed by atoms with van der Waals surface area (Å²) in [6, 6.07) is 6.38. The highest BCUT2D eigenvalue weighted by Gasteiger charge is 2.17. The molecule has 170 valence electrons. The van der Waals surface area contributed by atoms with Gasteiger partial charge in [0.2, 0.25) is 5.95 Å². The van der Waals surface area contributed by atoms with Gasteiger partial charge >= 0.3 is 0 Å². The summed E-state index contributed by atoms with van der Waals surface area (Å²) in [6.07, 6.45) is 10.6. The number of aromatic nitrogens is 5. The van der Waals surface area contributed by atoms with E-state index >= 15 is 0 Å². The number of benzene rings is 1. The first-order valence-electron chi connectivity index (χ1n) is 11.3. The van der Waals surface area contributed by atoms with Gasteiger partial charge in [-0.05, 0) is 64.4 Å². The predicted octanol–water partition coefficient (Wildman–Crippen LogP) is 4.90. The first kappa shape index (κ1) is 22.2. The van der Waals surface area contributed by atoms with Crippen LogP contribution in [0, 0.1) is 12.7 Å². The lowest BCUT2D eigenvalue weighted by Gasteiger charge is -2.20. The highest BCUT2D eigenvalue weighted by molar-refractivity contribution is 5.88. The fourth-order valence-corrected chi connectivity index (χ4v) is 4.63. The predicted molar refractivity (Wildman–Crippen MR) is 127 cm³/mol. The molecular formula is C24H32FN7. The molecule has 5 rings (SSSR count). The van der Waals surface area contributed by atoms with Crippen LogP contribution in [0.2, 0.25) is 0 Å². The van der Waals surface area contributed by atoms with Gasteiger partial charge in [-0.2, -0.15) is 0 Å². The van der Waals surface area contributed by atoms with Crippen molar-refractivity contribution in [2.24, 2.45) is 0 Å². The summed E-state index contributed by atoms with van der Waals surface area (Å²) in [5, 5.41) is 7.43. The molecule has 1 saturated carbocycles. The molecule has 0 amide bonds. The Morgan fingerprint density at radius 3 is 2.56 bits per heavy atom. The average molecular weight is 438 g/mol. The third kappa shape index (κ3) is 4.32. The lowest BCUT2D eigenvalue weighted by atomic mass is 9.96. The SMILES string of the molecule is CNC1CCCCC1.Cc1nc2c(F)cc(-c3ccn4nc(N)ncc34)cc2n1C(C)C. The summed E-state index contributed by atoms with van der Waals surface area (Å²) >= 11 is 0. The molecule has 1 aromatic carbocycles. The quantitative estimate of drug-likeness (QED) is 0.476. The van der Waals surface area contributed by atoms with Gasteiger partial charge in [0.25, 0.3) is 0 Å². The summed E-state index contributed by atoms with van der Waals surface area (Å²) in [4.78, 5) is 8.41. The second kappa shape index (κ2) is 9.24. The molecule has 1 fully saturated rings. The summed E-state index contributed by atoms with van der Waals surface area (Å²) in [7, 11) is 2.07. The monoisotopic (exact) mass is 437 g/mol. The van der Waals surface area contributed by atoms with E-state index in [0.29, 0.717) is 5.52 Å². The van der Waals surface area contributed by atoms with Crippen LogP contribution in [0.1, 0.15) is 57.8 Å². The van der Waals surface area contributed by atoms with Crippen molar-refractivity contribution in [2.75, 3.05) is 12.8 Å². The Kier molecular flexibility index (Phi) is 6.41. The first-order valence-corrected chi connectivity index (χ1v) is 11.3. The maximum absolute atomic E-state index is 14.6. The van der Waals surface area contributed by atoms with Crippen molar-refractivity contribution in [3.05, 3.63) is 42.2 Å². The third-order valence-electron chi connectivity index (χ3n) is 6.20. The minimum absolute atomic E-state index is 0.193. The Morgan fingerprint density at radius 1 is 1.16 bits per heavy atom. The van der Waals surface area contributed by atoms with Gasteiger partial charge in [-0.3, -0.25) is 0 Å². The summed E-state index contributed by atoms with van der Waals surface area (Å²) in [5.41, 5.74) is 9.18. The molecular weight excluding hydrogens is 405 g/mol. The van der Waals surface area contributed by atoms with Gasteiger partial charge in [0, 0.05) is 23.8 Å². The summed E-state index contributed by atoms with van der Waals surface area (Å²) < 4.78 is 18.3. The number of nitrogens with one attached hydrogen (secondary N) is 1. The lowest BCUT2D eigenvalue weighted by molar-refractivity contribution is 0.394. The number of halogens is 1. The largest absolute Gasteiger partial charge is 0.367 e. The molecule has 3 aromatic heterocycles. The maximum Gasteiger partial charge on any atom is 0.238 e. The molecule has 0 radical (unpaired) electrons. The van der Waals surface area contributed by atoms with E-state index in [2.05, 4.69) is 41.3 Å². The smallest absolute Gasteiger partial charge is 0.238 e. The zero-order valence-corrected chi connectivity index (χ0v) is 19.3. The van der Waals surface area contributed by atoms with Crippen LogP contribution in [0.3, 0.4) is 0 Å². The van der Waals surface area contributed by atoms with Gasteiger partial charge in [0.05, 0.1) is 17.2 Å². The van der Waals surface area contributed by atoms with Crippen LogP contribution in [-0.2, 0) is 0 Å². The van der Waals surface area contributed by atoms with Gasteiger partial charge in [-0.25, -0.2) is 18.9 Å². The minimum atomic E-state index is -0.333. The van der Waals surface area contributed by atoms with Crippen molar-refractivity contribution < 1.29 is 4.39 Å². The molecule has 7 nitrogen and oxygen atoms in total. The van der Waals surface area contributed by atoms with Gasteiger partial charge in [-0.15, -0.1) is 5.10 Å². The number of aryl methyl sites for hydroxylation is 1. The Bertz CT molecular complexity index is 1220. The summed E-state index contributed by atoms with van der Waals surface area (Å²) in [5.74, 6) is 0.661. The third-order valence-corrected chi connectivity index (χ3v) is 6.20. The number of nitrogen functional groups attached to an aromatic ring is 1. The molecule has 0 unspecified atom stereocenters. The highest BCUT2D eigenvalue weighted by atomic mass is 19.1. The van der Waals surface area contributed by atoms with Crippen molar-refractivity contribution >= 4 is 22.5 Å². The van der Waals surface area contributed by atoms with E-state index in [1.54, 1.807) is 16.9 Å². The second-order valence-corrected chi connectivity index (χ2v) is 8.75. The molecule has 1 aliphatic carbocycles. The number of nitrogens with two attached hydrogens (primary N) is 1. The van der Waals surface area contributed by atoms with Crippen LogP contribution in [0.5, 0.6) is 0 Å². The zero-order chi connectivity index (χ0) is 22.8. The number of hydrogen-bond donors (Lipinski definition) is 2. The van der Waals surface area contributed by atoms with Crippen LogP contribution < -0.4 is 11.1 Å². The van der Waals surface area contributed by atoms with Crippen molar-refractivity contribution in [1.82, 2.24) is 29.5 Å². The van der Waals surface area contributed by atoms with E-state index in [1.165, 1.54) is 38.2 Å². The van der Waals surface area contributed by atoms with E-state index in [1.807, 2.05) is 23.6 Å². The molecule has 0 bridgehead atoms. The number of nitrogens with zero attached hydrogens (tertiary/aromatic N) is 5. The van der Waals surface area contributed by atoms with Gasteiger partial charge in [0.1, 0.15) is 11.3 Å². The Balaban J connectivity index is 0.000000260. The number of rotatable bonds is 3. The van der Waals surface area contributed by atoms with Crippen LogP contribution in [-0.4, -0.2) is 37.2 Å². The van der Waals surface area contributed by atoms with E-state index in [9.17, 15) is 4.39 Å². The number of hydrogen-bond acceptors (Lipinski definition) is 5. The minimum Gasteiger partial charge on any atom is -0.367 e. The number of fused-ring (bicyclic) bond motifs is 2. The van der Waals surface area contributed by atoms with Gasteiger partial charge < -0.3 is 15.6 Å². The molecule has 0 spiro atoms. The Morgan fingerprint density at radius 2 is 1.91 bits per heavy atom. The van der Waals surface area contributed by atoms with Gasteiger partial charge in [-0.1, -0.05) is 19.3 Å². The fourth-order valence-electron chi connectivity index (χ4n) is 4.63. The van der Waals surface area contributed by atoms with Crippen molar-refractivity contribution in [2.45, 2.75) is 65.0 Å². The van der Waals surface area contributed by atoms with E-state index in [-0.39, 0.29) is 17.8 Å². The van der Waals surface area contributed by atoms with Crippen LogP contribution in [0.15, 0.2) is 30.6 Å².